The minimum Gasteiger partial charge on any atom is -0.368 e. The highest BCUT2D eigenvalue weighted by Gasteiger charge is 2.07. The van der Waals surface area contributed by atoms with Crippen LogP contribution in [-0.4, -0.2) is 26.5 Å². The van der Waals surface area contributed by atoms with E-state index in [0.29, 0.717) is 10.4 Å². The number of aromatic nitrogens is 4. The van der Waals surface area contributed by atoms with E-state index in [0.717, 1.165) is 36.3 Å². The summed E-state index contributed by atoms with van der Waals surface area (Å²) >= 11 is 3.28. The highest BCUT2D eigenvalue weighted by Crippen LogP contribution is 2.18. The number of fused-ring (bicyclic) bond motifs is 1. The molecule has 0 saturated heterocycles. The van der Waals surface area contributed by atoms with Gasteiger partial charge in [0.25, 0.3) is 0 Å². The Morgan fingerprint density at radius 2 is 2.00 bits per heavy atom. The van der Waals surface area contributed by atoms with Crippen molar-refractivity contribution in [3.8, 4) is 0 Å². The molecule has 108 valence electrons. The maximum Gasteiger partial charge on any atom is 0.183 e. The molecule has 0 radical (unpaired) electrons. The molecule has 0 atom stereocenters. The zero-order valence-electron chi connectivity index (χ0n) is 11.1. The third kappa shape index (κ3) is 3.36. The van der Waals surface area contributed by atoms with E-state index in [4.69, 9.17) is 0 Å². The first-order valence-corrected chi connectivity index (χ1v) is 7.36. The molecule has 0 aliphatic heterocycles. The smallest absolute Gasteiger partial charge is 0.183 e. The normalized spacial score (nSPS) is 11.0. The number of anilines is 1. The van der Waals surface area contributed by atoms with Crippen molar-refractivity contribution in [1.82, 2.24) is 19.9 Å². The fraction of sp³-hybridized carbons (Fsp3) is 0.214. The Bertz CT molecular complexity index is 741. The molecule has 3 aromatic rings. The van der Waals surface area contributed by atoms with Crippen LogP contribution in [0.1, 0.15) is 12.0 Å². The number of aryl methyl sites for hydroxylation is 1. The molecule has 21 heavy (non-hydrogen) atoms. The number of nitrogens with one attached hydrogen (secondary N) is 2. The fourth-order valence-electron chi connectivity index (χ4n) is 2.08. The molecular formula is C14H13BrFN5. The van der Waals surface area contributed by atoms with Gasteiger partial charge in [-0.25, -0.2) is 19.3 Å². The van der Waals surface area contributed by atoms with Gasteiger partial charge in [0.15, 0.2) is 16.2 Å². The van der Waals surface area contributed by atoms with Crippen molar-refractivity contribution < 1.29 is 4.39 Å². The van der Waals surface area contributed by atoms with Crippen LogP contribution in [0.4, 0.5) is 10.2 Å². The monoisotopic (exact) mass is 349 g/mol. The van der Waals surface area contributed by atoms with Gasteiger partial charge in [-0.2, -0.15) is 0 Å². The summed E-state index contributed by atoms with van der Waals surface area (Å²) in [5.74, 6) is 0.530. The molecule has 0 aliphatic rings. The van der Waals surface area contributed by atoms with Crippen LogP contribution in [0.2, 0.25) is 0 Å². The van der Waals surface area contributed by atoms with Crippen molar-refractivity contribution in [3.63, 3.8) is 0 Å². The van der Waals surface area contributed by atoms with Gasteiger partial charge >= 0.3 is 0 Å². The largest absolute Gasteiger partial charge is 0.368 e. The number of nitrogens with zero attached hydrogens (tertiary/aromatic N) is 3. The number of aromatic amines is 1. The number of hydrogen-bond acceptors (Lipinski definition) is 4. The first-order chi connectivity index (χ1) is 10.2. The van der Waals surface area contributed by atoms with Crippen LogP contribution in [0.3, 0.4) is 0 Å². The second kappa shape index (κ2) is 6.17. The Morgan fingerprint density at radius 1 is 1.19 bits per heavy atom. The second-order valence-corrected chi connectivity index (χ2v) is 5.36. The highest BCUT2D eigenvalue weighted by molar-refractivity contribution is 9.10. The first kappa shape index (κ1) is 13.9. The molecule has 3 rings (SSSR count). The van der Waals surface area contributed by atoms with Crippen molar-refractivity contribution in [3.05, 3.63) is 46.7 Å². The van der Waals surface area contributed by atoms with Crippen LogP contribution < -0.4 is 5.32 Å². The summed E-state index contributed by atoms with van der Waals surface area (Å²) < 4.78 is 13.4. The first-order valence-electron chi connectivity index (χ1n) is 6.57. The van der Waals surface area contributed by atoms with Gasteiger partial charge in [0.1, 0.15) is 17.7 Å². The van der Waals surface area contributed by atoms with E-state index in [9.17, 15) is 4.39 Å². The Morgan fingerprint density at radius 3 is 2.81 bits per heavy atom. The van der Waals surface area contributed by atoms with E-state index in [-0.39, 0.29) is 5.82 Å². The second-order valence-electron chi connectivity index (χ2n) is 4.61. The molecule has 2 heterocycles. The van der Waals surface area contributed by atoms with Crippen molar-refractivity contribution in [1.29, 1.82) is 0 Å². The number of halogens is 2. The lowest BCUT2D eigenvalue weighted by atomic mass is 10.1. The summed E-state index contributed by atoms with van der Waals surface area (Å²) in [5, 5.41) is 3.27. The molecule has 1 aromatic carbocycles. The summed E-state index contributed by atoms with van der Waals surface area (Å²) in [6, 6.07) is 6.59. The van der Waals surface area contributed by atoms with Crippen molar-refractivity contribution >= 4 is 32.9 Å². The van der Waals surface area contributed by atoms with Gasteiger partial charge in [0, 0.05) is 6.54 Å². The minimum atomic E-state index is -0.204. The van der Waals surface area contributed by atoms with Crippen LogP contribution in [-0.2, 0) is 6.42 Å². The van der Waals surface area contributed by atoms with Gasteiger partial charge in [-0.05, 0) is 46.5 Å². The molecular weight excluding hydrogens is 337 g/mol. The summed E-state index contributed by atoms with van der Waals surface area (Å²) in [4.78, 5) is 15.6. The van der Waals surface area contributed by atoms with E-state index in [2.05, 4.69) is 41.2 Å². The quantitative estimate of drug-likeness (QED) is 0.547. The van der Waals surface area contributed by atoms with Gasteiger partial charge in [-0.3, -0.25) is 0 Å². The third-order valence-corrected chi connectivity index (χ3v) is 3.48. The van der Waals surface area contributed by atoms with Crippen LogP contribution in [0, 0.1) is 5.82 Å². The molecule has 0 aliphatic carbocycles. The lowest BCUT2D eigenvalue weighted by Crippen LogP contribution is -2.05. The van der Waals surface area contributed by atoms with E-state index in [1.807, 2.05) is 12.1 Å². The van der Waals surface area contributed by atoms with Crippen molar-refractivity contribution in [2.24, 2.45) is 0 Å². The molecule has 5 nitrogen and oxygen atoms in total. The molecule has 0 amide bonds. The number of rotatable bonds is 5. The number of benzene rings is 1. The molecule has 0 fully saturated rings. The Labute approximate surface area is 129 Å². The van der Waals surface area contributed by atoms with Crippen LogP contribution in [0.15, 0.2) is 35.3 Å². The average molecular weight is 350 g/mol. The van der Waals surface area contributed by atoms with Crippen LogP contribution in [0.5, 0.6) is 0 Å². The highest BCUT2D eigenvalue weighted by atomic mass is 79.9. The molecule has 0 bridgehead atoms. The van der Waals surface area contributed by atoms with Gasteiger partial charge < -0.3 is 10.3 Å². The summed E-state index contributed by atoms with van der Waals surface area (Å²) in [5.41, 5.74) is 2.53. The molecule has 2 N–H and O–H groups in total. The van der Waals surface area contributed by atoms with E-state index < -0.39 is 0 Å². The maximum absolute atomic E-state index is 12.8. The van der Waals surface area contributed by atoms with Gasteiger partial charge in [-0.1, -0.05) is 12.1 Å². The zero-order valence-corrected chi connectivity index (χ0v) is 12.7. The molecule has 7 heteroatoms. The number of imidazole rings is 1. The van der Waals surface area contributed by atoms with Crippen LogP contribution in [0.25, 0.3) is 11.2 Å². The third-order valence-electron chi connectivity index (χ3n) is 3.11. The Balaban J connectivity index is 1.58. The van der Waals surface area contributed by atoms with E-state index >= 15 is 0 Å². The zero-order chi connectivity index (χ0) is 14.7. The summed E-state index contributed by atoms with van der Waals surface area (Å²) in [6.07, 6.45) is 3.29. The predicted octanol–water partition coefficient (Wildman–Crippen LogP) is 3.30. The lowest BCUT2D eigenvalue weighted by molar-refractivity contribution is 0.626. The van der Waals surface area contributed by atoms with Crippen LogP contribution >= 0.6 is 15.9 Å². The Hall–Kier alpha value is -2.02. The van der Waals surface area contributed by atoms with Gasteiger partial charge in [0.2, 0.25) is 0 Å². The van der Waals surface area contributed by atoms with E-state index in [1.54, 1.807) is 0 Å². The molecule has 0 saturated carbocycles. The van der Waals surface area contributed by atoms with Gasteiger partial charge in [0.05, 0.1) is 0 Å². The van der Waals surface area contributed by atoms with E-state index in [1.165, 1.54) is 18.5 Å². The molecule has 0 spiro atoms. The maximum atomic E-state index is 12.8. The average Bonchev–Trinajstić information content (AvgIpc) is 2.86. The summed E-state index contributed by atoms with van der Waals surface area (Å²) in [6.45, 7) is 0.764. The predicted molar refractivity (Wildman–Crippen MR) is 82.6 cm³/mol. The molecule has 0 unspecified atom stereocenters. The number of H-pyrrole nitrogens is 1. The topological polar surface area (TPSA) is 66.5 Å². The molecule has 2 aromatic heterocycles. The summed E-state index contributed by atoms with van der Waals surface area (Å²) in [7, 11) is 0. The Kier molecular flexibility index (Phi) is 4.10. The SMILES string of the molecule is Fc1ccc(CCCNc2ncnc3nc(Br)[nH]c23)cc1. The van der Waals surface area contributed by atoms with Crippen molar-refractivity contribution in [2.75, 3.05) is 11.9 Å². The van der Waals surface area contributed by atoms with Crippen molar-refractivity contribution in [2.45, 2.75) is 12.8 Å². The van der Waals surface area contributed by atoms with Gasteiger partial charge in [-0.15, -0.1) is 0 Å². The fourth-order valence-corrected chi connectivity index (χ4v) is 2.45. The minimum absolute atomic E-state index is 0.204. The lowest BCUT2D eigenvalue weighted by Gasteiger charge is -2.06. The number of hydrogen-bond donors (Lipinski definition) is 2. The standard InChI is InChI=1S/C14H13BrFN5/c15-14-20-11-12(18-8-19-13(11)21-14)17-7-1-2-9-3-5-10(16)6-4-9/h3-6,8H,1-2,7H2,(H2,17,18,19,20,21).